The van der Waals surface area contributed by atoms with Gasteiger partial charge in [0.2, 0.25) is 5.82 Å². The van der Waals surface area contributed by atoms with E-state index in [-0.39, 0.29) is 11.6 Å². The van der Waals surface area contributed by atoms with Crippen molar-refractivity contribution in [1.82, 2.24) is 9.97 Å². The van der Waals surface area contributed by atoms with E-state index in [1.807, 2.05) is 0 Å². The normalized spacial score (nSPS) is 10.1. The quantitative estimate of drug-likeness (QED) is 0.837. The summed E-state index contributed by atoms with van der Waals surface area (Å²) in [6, 6.07) is 7.21. The first-order valence-corrected chi connectivity index (χ1v) is 4.49. The molecule has 1 heterocycles. The number of aromatic carboxylic acids is 1. The van der Waals surface area contributed by atoms with Crippen molar-refractivity contribution in [3.05, 3.63) is 48.2 Å². The molecule has 0 saturated carbocycles. The van der Waals surface area contributed by atoms with Crippen LogP contribution in [0.3, 0.4) is 0 Å². The van der Waals surface area contributed by atoms with Gasteiger partial charge in [-0.25, -0.2) is 19.2 Å². The second-order valence-electron chi connectivity index (χ2n) is 3.08. The first kappa shape index (κ1) is 10.2. The summed E-state index contributed by atoms with van der Waals surface area (Å²) in [5, 5.41) is 8.72. The first-order chi connectivity index (χ1) is 7.66. The van der Waals surface area contributed by atoms with Gasteiger partial charge < -0.3 is 5.11 Å². The number of carboxylic acids is 1. The lowest BCUT2D eigenvalue weighted by Crippen LogP contribution is -2.04. The molecule has 4 nitrogen and oxygen atoms in total. The third-order valence-corrected chi connectivity index (χ3v) is 1.99. The number of benzene rings is 1. The van der Waals surface area contributed by atoms with Gasteiger partial charge in [0.25, 0.3) is 0 Å². The van der Waals surface area contributed by atoms with Crippen molar-refractivity contribution < 1.29 is 14.3 Å². The van der Waals surface area contributed by atoms with Crippen LogP contribution in [0.15, 0.2) is 36.5 Å². The van der Waals surface area contributed by atoms with Crippen LogP contribution in [0.4, 0.5) is 4.39 Å². The summed E-state index contributed by atoms with van der Waals surface area (Å²) >= 11 is 0. The molecular formula is C11H7FN2O2. The topological polar surface area (TPSA) is 63.1 Å². The molecule has 1 aromatic carbocycles. The van der Waals surface area contributed by atoms with Crippen LogP contribution >= 0.6 is 0 Å². The minimum absolute atomic E-state index is 0.276. The van der Waals surface area contributed by atoms with E-state index in [1.54, 1.807) is 6.07 Å². The average Bonchev–Trinajstić information content (AvgIpc) is 2.30. The third-order valence-electron chi connectivity index (χ3n) is 1.99. The molecule has 2 rings (SSSR count). The van der Waals surface area contributed by atoms with Gasteiger partial charge in [0, 0.05) is 11.8 Å². The van der Waals surface area contributed by atoms with Gasteiger partial charge in [-0.15, -0.1) is 0 Å². The monoisotopic (exact) mass is 218 g/mol. The van der Waals surface area contributed by atoms with E-state index in [1.165, 1.54) is 30.5 Å². The van der Waals surface area contributed by atoms with Crippen molar-refractivity contribution >= 4 is 5.97 Å². The third kappa shape index (κ3) is 2.03. The Balaban J connectivity index is 2.44. The zero-order chi connectivity index (χ0) is 11.5. The van der Waals surface area contributed by atoms with Crippen molar-refractivity contribution in [3.63, 3.8) is 0 Å². The van der Waals surface area contributed by atoms with E-state index >= 15 is 0 Å². The first-order valence-electron chi connectivity index (χ1n) is 4.49. The Hall–Kier alpha value is -2.30. The Labute approximate surface area is 90.4 Å². The van der Waals surface area contributed by atoms with Crippen LogP contribution in [0, 0.1) is 5.82 Å². The van der Waals surface area contributed by atoms with Crippen molar-refractivity contribution in [2.45, 2.75) is 0 Å². The van der Waals surface area contributed by atoms with Gasteiger partial charge in [-0.3, -0.25) is 0 Å². The Kier molecular flexibility index (Phi) is 2.59. The van der Waals surface area contributed by atoms with Crippen LogP contribution < -0.4 is 0 Å². The van der Waals surface area contributed by atoms with Crippen LogP contribution in [0.2, 0.25) is 0 Å². The Morgan fingerprint density at radius 3 is 2.50 bits per heavy atom. The zero-order valence-electron chi connectivity index (χ0n) is 8.09. The summed E-state index contributed by atoms with van der Waals surface area (Å²) in [5.74, 6) is -1.82. The molecule has 80 valence electrons. The van der Waals surface area contributed by atoms with Crippen molar-refractivity contribution in [3.8, 4) is 11.3 Å². The minimum atomic E-state index is -1.19. The molecule has 0 radical (unpaired) electrons. The molecule has 0 spiro atoms. The van der Waals surface area contributed by atoms with Crippen LogP contribution in [-0.4, -0.2) is 21.0 Å². The number of aromatic nitrogens is 2. The summed E-state index contributed by atoms with van der Waals surface area (Å²) in [6.07, 6.45) is 1.36. The lowest BCUT2D eigenvalue weighted by atomic mass is 10.1. The molecule has 5 heteroatoms. The predicted octanol–water partition coefficient (Wildman–Crippen LogP) is 1.98. The van der Waals surface area contributed by atoms with Gasteiger partial charge >= 0.3 is 5.97 Å². The van der Waals surface area contributed by atoms with Crippen molar-refractivity contribution in [1.29, 1.82) is 0 Å². The number of halogens is 1. The number of rotatable bonds is 2. The minimum Gasteiger partial charge on any atom is -0.475 e. The summed E-state index contributed by atoms with van der Waals surface area (Å²) < 4.78 is 12.7. The van der Waals surface area contributed by atoms with Gasteiger partial charge in [0.1, 0.15) is 5.82 Å². The average molecular weight is 218 g/mol. The number of nitrogens with zero attached hydrogens (tertiary/aromatic N) is 2. The molecule has 0 bridgehead atoms. The zero-order valence-corrected chi connectivity index (χ0v) is 8.09. The summed E-state index contributed by atoms with van der Waals surface area (Å²) in [6.45, 7) is 0. The molecule has 0 atom stereocenters. The molecule has 0 unspecified atom stereocenters. The van der Waals surface area contributed by atoms with E-state index in [2.05, 4.69) is 9.97 Å². The van der Waals surface area contributed by atoms with E-state index < -0.39 is 5.97 Å². The largest absolute Gasteiger partial charge is 0.475 e. The fourth-order valence-electron chi connectivity index (χ4n) is 1.24. The predicted molar refractivity (Wildman–Crippen MR) is 54.4 cm³/mol. The second-order valence-corrected chi connectivity index (χ2v) is 3.08. The molecule has 0 aliphatic heterocycles. The second kappa shape index (κ2) is 4.06. The molecular weight excluding hydrogens is 211 g/mol. The number of hydrogen-bond acceptors (Lipinski definition) is 3. The molecule has 2 aromatic rings. The Morgan fingerprint density at radius 1 is 1.19 bits per heavy atom. The Bertz CT molecular complexity index is 526. The highest BCUT2D eigenvalue weighted by Gasteiger charge is 2.08. The van der Waals surface area contributed by atoms with Gasteiger partial charge in [0.15, 0.2) is 0 Å². The Morgan fingerprint density at radius 2 is 1.88 bits per heavy atom. The molecule has 0 aliphatic carbocycles. The SMILES string of the molecule is O=C(O)c1nccc(-c2ccc(F)cc2)n1. The van der Waals surface area contributed by atoms with Crippen LogP contribution in [0.5, 0.6) is 0 Å². The molecule has 16 heavy (non-hydrogen) atoms. The fourth-order valence-corrected chi connectivity index (χ4v) is 1.24. The smallest absolute Gasteiger partial charge is 0.373 e. The number of hydrogen-bond donors (Lipinski definition) is 1. The summed E-state index contributed by atoms with van der Waals surface area (Å²) in [4.78, 5) is 18.1. The van der Waals surface area contributed by atoms with E-state index in [0.29, 0.717) is 11.3 Å². The standard InChI is InChI=1S/C11H7FN2O2/c12-8-3-1-7(2-4-8)9-5-6-13-10(14-9)11(15)16/h1-6H,(H,15,16). The molecule has 1 N–H and O–H groups in total. The maximum atomic E-state index is 12.7. The highest BCUT2D eigenvalue weighted by atomic mass is 19.1. The van der Waals surface area contributed by atoms with E-state index in [9.17, 15) is 9.18 Å². The highest BCUT2D eigenvalue weighted by molar-refractivity contribution is 5.83. The number of carboxylic acid groups (broad SMARTS) is 1. The van der Waals surface area contributed by atoms with Gasteiger partial charge in [-0.05, 0) is 30.3 Å². The van der Waals surface area contributed by atoms with Crippen molar-refractivity contribution in [2.24, 2.45) is 0 Å². The van der Waals surface area contributed by atoms with Gasteiger partial charge in [-0.1, -0.05) is 0 Å². The van der Waals surface area contributed by atoms with Crippen molar-refractivity contribution in [2.75, 3.05) is 0 Å². The summed E-state index contributed by atoms with van der Waals surface area (Å²) in [5.41, 5.74) is 1.10. The lowest BCUT2D eigenvalue weighted by molar-refractivity contribution is 0.0683. The van der Waals surface area contributed by atoms with Crippen LogP contribution in [-0.2, 0) is 0 Å². The maximum absolute atomic E-state index is 12.7. The molecule has 0 aliphatic rings. The van der Waals surface area contributed by atoms with E-state index in [0.717, 1.165) is 0 Å². The highest BCUT2D eigenvalue weighted by Crippen LogP contribution is 2.16. The lowest BCUT2D eigenvalue weighted by Gasteiger charge is -2.00. The molecule has 0 amide bonds. The number of carbonyl (C=O) groups is 1. The maximum Gasteiger partial charge on any atom is 0.373 e. The fraction of sp³-hybridized carbons (Fsp3) is 0. The van der Waals surface area contributed by atoms with Crippen LogP contribution in [0.25, 0.3) is 11.3 Å². The van der Waals surface area contributed by atoms with E-state index in [4.69, 9.17) is 5.11 Å². The van der Waals surface area contributed by atoms with Crippen LogP contribution in [0.1, 0.15) is 10.6 Å². The summed E-state index contributed by atoms with van der Waals surface area (Å²) in [7, 11) is 0. The van der Waals surface area contributed by atoms with Gasteiger partial charge in [-0.2, -0.15) is 0 Å². The molecule has 0 fully saturated rings. The van der Waals surface area contributed by atoms with Gasteiger partial charge in [0.05, 0.1) is 5.69 Å². The molecule has 0 saturated heterocycles. The molecule has 1 aromatic heterocycles.